The van der Waals surface area contributed by atoms with Gasteiger partial charge in [-0.05, 0) is 24.6 Å². The Balaban J connectivity index is 0.00000312. The summed E-state index contributed by atoms with van der Waals surface area (Å²) >= 11 is 0. The molecule has 0 aliphatic rings. The molecule has 25 heavy (non-hydrogen) atoms. The number of rotatable bonds is 7. The summed E-state index contributed by atoms with van der Waals surface area (Å²) in [6, 6.07) is 13.2. The minimum Gasteiger partial charge on any atom is -0.488 e. The second-order valence-electron chi connectivity index (χ2n) is 5.51. The minimum atomic E-state index is -1.23. The smallest absolute Gasteiger partial charge is 0.248 e. The number of carbonyl (C=O) groups excluding carboxylic acids is 1. The Labute approximate surface area is 152 Å². The fraction of sp³-hybridized carbons (Fsp3) is 0.278. The van der Waals surface area contributed by atoms with Crippen LogP contribution in [0.1, 0.15) is 12.5 Å². The first-order valence-corrected chi connectivity index (χ1v) is 7.52. The van der Waals surface area contributed by atoms with Gasteiger partial charge in [-0.1, -0.05) is 30.3 Å². The lowest BCUT2D eigenvalue weighted by atomic mass is 9.92. The molecule has 0 heterocycles. The molecule has 136 valence electrons. The number of benzene rings is 2. The molecule has 2 aromatic carbocycles. The zero-order chi connectivity index (χ0) is 17.6. The summed E-state index contributed by atoms with van der Waals surface area (Å²) in [5, 5.41) is 2.63. The first kappa shape index (κ1) is 20.9. The number of hydrogen-bond acceptors (Lipinski definition) is 4. The number of halogens is 2. The van der Waals surface area contributed by atoms with E-state index in [-0.39, 0.29) is 24.8 Å². The number of anilines is 1. The molecule has 3 N–H and O–H groups in total. The third kappa shape index (κ3) is 5.42. The molecule has 1 amide bonds. The van der Waals surface area contributed by atoms with Crippen molar-refractivity contribution in [1.82, 2.24) is 0 Å². The summed E-state index contributed by atoms with van der Waals surface area (Å²) in [5.74, 6) is -0.896. The van der Waals surface area contributed by atoms with Crippen molar-refractivity contribution in [3.05, 3.63) is 59.9 Å². The highest BCUT2D eigenvalue weighted by atomic mass is 35.5. The maximum atomic E-state index is 14.0. The van der Waals surface area contributed by atoms with Gasteiger partial charge in [0.15, 0.2) is 11.6 Å². The Morgan fingerprint density at radius 1 is 1.20 bits per heavy atom. The average Bonchev–Trinajstić information content (AvgIpc) is 2.57. The first-order chi connectivity index (χ1) is 11.4. The van der Waals surface area contributed by atoms with Crippen molar-refractivity contribution in [3.8, 4) is 5.75 Å². The van der Waals surface area contributed by atoms with Crippen molar-refractivity contribution >= 4 is 24.0 Å². The van der Waals surface area contributed by atoms with E-state index in [4.69, 9.17) is 15.2 Å². The molecule has 0 aromatic heterocycles. The number of methoxy groups -OCH3 is 1. The number of amides is 1. The van der Waals surface area contributed by atoms with Crippen molar-refractivity contribution in [1.29, 1.82) is 0 Å². The molecular formula is C18H22ClFN2O3. The van der Waals surface area contributed by atoms with Gasteiger partial charge < -0.3 is 20.5 Å². The molecule has 0 aliphatic heterocycles. The topological polar surface area (TPSA) is 73.6 Å². The van der Waals surface area contributed by atoms with Crippen LogP contribution >= 0.6 is 12.4 Å². The van der Waals surface area contributed by atoms with E-state index < -0.39 is 17.3 Å². The summed E-state index contributed by atoms with van der Waals surface area (Å²) < 4.78 is 24.1. The fourth-order valence-electron chi connectivity index (χ4n) is 2.11. The number of carbonyl (C=O) groups is 1. The van der Waals surface area contributed by atoms with Gasteiger partial charge in [0.05, 0.1) is 6.61 Å². The van der Waals surface area contributed by atoms with Crippen LogP contribution in [0.4, 0.5) is 10.1 Å². The Hall–Kier alpha value is -2.15. The quantitative estimate of drug-likeness (QED) is 0.736. The Morgan fingerprint density at radius 2 is 1.88 bits per heavy atom. The second kappa shape index (κ2) is 9.36. The molecule has 0 saturated carbocycles. The lowest BCUT2D eigenvalue weighted by Gasteiger charge is -2.24. The zero-order valence-corrected chi connectivity index (χ0v) is 14.9. The zero-order valence-electron chi connectivity index (χ0n) is 14.1. The number of nitrogens with two attached hydrogens (primary N) is 1. The molecule has 0 bridgehead atoms. The van der Waals surface area contributed by atoms with E-state index in [2.05, 4.69) is 5.32 Å². The highest BCUT2D eigenvalue weighted by Crippen LogP contribution is 2.24. The molecule has 1 atom stereocenters. The van der Waals surface area contributed by atoms with Crippen LogP contribution in [0, 0.1) is 5.82 Å². The van der Waals surface area contributed by atoms with Gasteiger partial charge in [-0.3, -0.25) is 4.79 Å². The SMILES string of the molecule is COCCOc1ccc(NC(=O)C(C)(N)c2ccccc2)cc1F.Cl. The molecule has 2 rings (SSSR count). The predicted octanol–water partition coefficient (Wildman–Crippen LogP) is 3.09. The van der Waals surface area contributed by atoms with Gasteiger partial charge >= 0.3 is 0 Å². The molecule has 5 nitrogen and oxygen atoms in total. The van der Waals surface area contributed by atoms with Crippen molar-refractivity contribution in [2.24, 2.45) is 5.73 Å². The van der Waals surface area contributed by atoms with E-state index in [9.17, 15) is 9.18 Å². The van der Waals surface area contributed by atoms with Gasteiger partial charge in [-0.15, -0.1) is 12.4 Å². The molecule has 1 unspecified atom stereocenters. The van der Waals surface area contributed by atoms with Gasteiger partial charge in [-0.25, -0.2) is 4.39 Å². The maximum Gasteiger partial charge on any atom is 0.248 e. The average molecular weight is 369 g/mol. The Morgan fingerprint density at radius 3 is 2.48 bits per heavy atom. The van der Waals surface area contributed by atoms with Gasteiger partial charge in [0.1, 0.15) is 12.1 Å². The van der Waals surface area contributed by atoms with Crippen LogP contribution in [0.5, 0.6) is 5.75 Å². The van der Waals surface area contributed by atoms with Crippen LogP contribution in [-0.4, -0.2) is 26.2 Å². The monoisotopic (exact) mass is 368 g/mol. The highest BCUT2D eigenvalue weighted by Gasteiger charge is 2.30. The van der Waals surface area contributed by atoms with Crippen molar-refractivity contribution < 1.29 is 18.7 Å². The molecule has 7 heteroatoms. The maximum absolute atomic E-state index is 14.0. The van der Waals surface area contributed by atoms with Crippen LogP contribution in [0.25, 0.3) is 0 Å². The standard InChI is InChI=1S/C18H21FN2O3.ClH/c1-18(20,13-6-4-3-5-7-13)17(22)21-14-8-9-16(15(19)12-14)24-11-10-23-2;/h3-9,12H,10-11,20H2,1-2H3,(H,21,22);1H. The van der Waals surface area contributed by atoms with E-state index in [0.717, 1.165) is 0 Å². The van der Waals surface area contributed by atoms with Crippen LogP contribution in [0.3, 0.4) is 0 Å². The summed E-state index contributed by atoms with van der Waals surface area (Å²) in [6.07, 6.45) is 0. The number of hydrogen-bond donors (Lipinski definition) is 2. The molecule has 0 radical (unpaired) electrons. The van der Waals surface area contributed by atoms with E-state index in [1.807, 2.05) is 6.07 Å². The van der Waals surface area contributed by atoms with Gasteiger partial charge in [0, 0.05) is 18.9 Å². The summed E-state index contributed by atoms with van der Waals surface area (Å²) in [6.45, 7) is 2.21. The predicted molar refractivity (Wildman–Crippen MR) is 97.6 cm³/mol. The second-order valence-corrected chi connectivity index (χ2v) is 5.51. The lowest BCUT2D eigenvalue weighted by molar-refractivity contribution is -0.120. The molecule has 0 saturated heterocycles. The first-order valence-electron chi connectivity index (χ1n) is 7.52. The summed E-state index contributed by atoms with van der Waals surface area (Å²) in [7, 11) is 1.54. The van der Waals surface area contributed by atoms with Gasteiger partial charge in [0.2, 0.25) is 5.91 Å². The number of nitrogens with one attached hydrogen (secondary N) is 1. The molecule has 2 aromatic rings. The lowest BCUT2D eigenvalue weighted by Crippen LogP contribution is -2.45. The molecule has 0 fully saturated rings. The van der Waals surface area contributed by atoms with Crippen molar-refractivity contribution in [3.63, 3.8) is 0 Å². The van der Waals surface area contributed by atoms with E-state index in [0.29, 0.717) is 17.9 Å². The van der Waals surface area contributed by atoms with Crippen molar-refractivity contribution in [2.75, 3.05) is 25.6 Å². The van der Waals surface area contributed by atoms with Crippen LogP contribution in [-0.2, 0) is 15.1 Å². The van der Waals surface area contributed by atoms with E-state index >= 15 is 0 Å². The van der Waals surface area contributed by atoms with Crippen LogP contribution in [0.2, 0.25) is 0 Å². The Bertz CT molecular complexity index is 696. The molecule has 0 aliphatic carbocycles. The minimum absolute atomic E-state index is 0. The number of ether oxygens (including phenoxy) is 2. The third-order valence-corrected chi connectivity index (χ3v) is 3.58. The normalized spacial score (nSPS) is 12.6. The van der Waals surface area contributed by atoms with Gasteiger partial charge in [0.25, 0.3) is 0 Å². The largest absolute Gasteiger partial charge is 0.488 e. The van der Waals surface area contributed by atoms with Crippen molar-refractivity contribution in [2.45, 2.75) is 12.5 Å². The Kier molecular flexibility index (Phi) is 7.83. The fourth-order valence-corrected chi connectivity index (χ4v) is 2.11. The molecule has 0 spiro atoms. The summed E-state index contributed by atoms with van der Waals surface area (Å²) in [4.78, 5) is 12.4. The molecular weight excluding hydrogens is 347 g/mol. The van der Waals surface area contributed by atoms with Gasteiger partial charge in [-0.2, -0.15) is 0 Å². The van der Waals surface area contributed by atoms with Crippen LogP contribution < -0.4 is 15.8 Å². The van der Waals surface area contributed by atoms with E-state index in [1.54, 1.807) is 37.3 Å². The highest BCUT2D eigenvalue weighted by molar-refractivity contribution is 5.98. The van der Waals surface area contributed by atoms with E-state index in [1.165, 1.54) is 19.2 Å². The third-order valence-electron chi connectivity index (χ3n) is 3.58. The summed E-state index contributed by atoms with van der Waals surface area (Å²) in [5.41, 5.74) is 5.88. The van der Waals surface area contributed by atoms with Crippen LogP contribution in [0.15, 0.2) is 48.5 Å².